The highest BCUT2D eigenvalue weighted by atomic mass is 79.9. The van der Waals surface area contributed by atoms with Crippen LogP contribution in [0, 0.1) is 0 Å². The molecule has 2 aromatic rings. The highest BCUT2D eigenvalue weighted by Gasteiger charge is 2.17. The zero-order chi connectivity index (χ0) is 17.2. The minimum atomic E-state index is -4.28. The molecular weight excluding hydrogens is 412 g/mol. The Hall–Kier alpha value is -1.40. The van der Waals surface area contributed by atoms with E-state index in [2.05, 4.69) is 20.9 Å². The van der Waals surface area contributed by atoms with Crippen molar-refractivity contribution in [2.24, 2.45) is 4.99 Å². The average molecular weight is 425 g/mol. The van der Waals surface area contributed by atoms with E-state index in [9.17, 15) is 8.42 Å². The first kappa shape index (κ1) is 17.9. The van der Waals surface area contributed by atoms with Gasteiger partial charge in [0.2, 0.25) is 0 Å². The topological polar surface area (TPSA) is 117 Å². The molecule has 1 aromatic carbocycles. The van der Waals surface area contributed by atoms with Gasteiger partial charge in [0.1, 0.15) is 0 Å². The van der Waals surface area contributed by atoms with Crippen molar-refractivity contribution >= 4 is 53.3 Å². The Balaban J connectivity index is 2.57. The highest BCUT2D eigenvalue weighted by Crippen LogP contribution is 2.44. The first-order valence-corrected chi connectivity index (χ1v) is 9.26. The van der Waals surface area contributed by atoms with Crippen LogP contribution in [0.1, 0.15) is 4.88 Å². The maximum absolute atomic E-state index is 10.8. The number of amidine groups is 1. The van der Waals surface area contributed by atoms with Crippen molar-refractivity contribution in [3.63, 3.8) is 0 Å². The van der Waals surface area contributed by atoms with Crippen LogP contribution in [0.25, 0.3) is 10.1 Å². The molecule has 0 saturated heterocycles. The molecule has 0 atom stereocenters. The third-order valence-electron chi connectivity index (χ3n) is 2.83. The SMILES string of the molecule is COc1cc2sc(C(=NCS(=O)(=O)O)NO)cc2c(Br)c1OC. The number of rotatable bonds is 5. The monoisotopic (exact) mass is 424 g/mol. The van der Waals surface area contributed by atoms with Crippen LogP contribution in [0.4, 0.5) is 0 Å². The van der Waals surface area contributed by atoms with Gasteiger partial charge in [-0.2, -0.15) is 8.42 Å². The van der Waals surface area contributed by atoms with E-state index in [4.69, 9.17) is 19.2 Å². The summed E-state index contributed by atoms with van der Waals surface area (Å²) in [4.78, 5) is 4.12. The molecule has 23 heavy (non-hydrogen) atoms. The molecule has 1 heterocycles. The second kappa shape index (κ2) is 7.01. The first-order chi connectivity index (χ1) is 10.8. The first-order valence-electron chi connectivity index (χ1n) is 6.04. The van der Waals surface area contributed by atoms with Crippen LogP contribution in [-0.2, 0) is 10.1 Å². The lowest BCUT2D eigenvalue weighted by Gasteiger charge is -2.09. The molecule has 0 amide bonds. The standard InChI is InChI=1S/C12H13BrN2O6S2/c1-20-7-4-8-6(10(13)11(7)21-2)3-9(22-8)12(15-16)14-5-23(17,18)19/h3-4,16H,5H2,1-2H3,(H,14,15)(H,17,18,19). The molecule has 126 valence electrons. The third kappa shape index (κ3) is 3.93. The summed E-state index contributed by atoms with van der Waals surface area (Å²) in [7, 11) is -1.26. The molecule has 11 heteroatoms. The highest BCUT2D eigenvalue weighted by molar-refractivity contribution is 9.10. The number of hydrogen-bond acceptors (Lipinski definition) is 7. The number of aliphatic imine (C=N–C) groups is 1. The van der Waals surface area contributed by atoms with Gasteiger partial charge in [-0.3, -0.25) is 15.2 Å². The fourth-order valence-corrected chi connectivity index (χ4v) is 4.04. The Kier molecular flexibility index (Phi) is 5.47. The summed E-state index contributed by atoms with van der Waals surface area (Å²) in [5, 5.41) is 9.94. The van der Waals surface area contributed by atoms with E-state index in [0.29, 0.717) is 20.8 Å². The fraction of sp³-hybridized carbons (Fsp3) is 0.250. The van der Waals surface area contributed by atoms with Gasteiger partial charge in [-0.15, -0.1) is 11.3 Å². The number of methoxy groups -OCH3 is 2. The largest absolute Gasteiger partial charge is 0.493 e. The van der Waals surface area contributed by atoms with Gasteiger partial charge in [-0.1, -0.05) is 0 Å². The average Bonchev–Trinajstić information content (AvgIpc) is 2.90. The molecular formula is C12H13BrN2O6S2. The second-order valence-electron chi connectivity index (χ2n) is 4.28. The summed E-state index contributed by atoms with van der Waals surface area (Å²) in [6, 6.07) is 3.45. The van der Waals surface area contributed by atoms with Crippen molar-refractivity contribution in [1.29, 1.82) is 0 Å². The van der Waals surface area contributed by atoms with Crippen LogP contribution in [-0.4, -0.2) is 44.1 Å². The van der Waals surface area contributed by atoms with Crippen molar-refractivity contribution in [2.45, 2.75) is 0 Å². The number of hydroxylamine groups is 1. The molecule has 0 radical (unpaired) electrons. The predicted octanol–water partition coefficient (Wildman–Crippen LogP) is 2.25. The summed E-state index contributed by atoms with van der Waals surface area (Å²) in [5.74, 6) is 0.0952. The molecule has 0 unspecified atom stereocenters. The van der Waals surface area contributed by atoms with Gasteiger partial charge in [-0.25, -0.2) is 4.99 Å². The Morgan fingerprint density at radius 3 is 2.61 bits per heavy atom. The minimum Gasteiger partial charge on any atom is -0.493 e. The van der Waals surface area contributed by atoms with E-state index < -0.39 is 16.0 Å². The van der Waals surface area contributed by atoms with Crippen LogP contribution in [0.15, 0.2) is 21.6 Å². The van der Waals surface area contributed by atoms with Crippen LogP contribution in [0.5, 0.6) is 11.5 Å². The van der Waals surface area contributed by atoms with Crippen LogP contribution in [0.2, 0.25) is 0 Å². The Bertz CT molecular complexity index is 862. The number of fused-ring (bicyclic) bond motifs is 1. The number of thiophene rings is 1. The number of ether oxygens (including phenoxy) is 2. The van der Waals surface area contributed by atoms with Crippen LogP contribution >= 0.6 is 27.3 Å². The van der Waals surface area contributed by atoms with E-state index in [1.807, 2.05) is 5.48 Å². The lowest BCUT2D eigenvalue weighted by atomic mass is 10.2. The molecule has 0 bridgehead atoms. The second-order valence-corrected chi connectivity index (χ2v) is 7.58. The van der Waals surface area contributed by atoms with Crippen LogP contribution in [0.3, 0.4) is 0 Å². The minimum absolute atomic E-state index is 0.0753. The number of nitrogens with zero attached hydrogens (tertiary/aromatic N) is 1. The number of benzene rings is 1. The van der Waals surface area contributed by atoms with Crippen molar-refractivity contribution < 1.29 is 27.7 Å². The Morgan fingerprint density at radius 1 is 1.39 bits per heavy atom. The van der Waals surface area contributed by atoms with Crippen molar-refractivity contribution in [3.8, 4) is 11.5 Å². The number of halogens is 1. The molecule has 3 N–H and O–H groups in total. The van der Waals surface area contributed by atoms with Gasteiger partial charge >= 0.3 is 0 Å². The molecule has 0 aliphatic heterocycles. The van der Waals surface area contributed by atoms with Crippen molar-refractivity contribution in [2.75, 3.05) is 20.1 Å². The third-order valence-corrected chi connectivity index (χ3v) is 5.16. The number of nitrogens with one attached hydrogen (secondary N) is 1. The maximum atomic E-state index is 10.8. The maximum Gasteiger partial charge on any atom is 0.285 e. The Labute approximate surface area is 144 Å². The van der Waals surface area contributed by atoms with Crippen LogP contribution < -0.4 is 15.0 Å². The molecule has 0 spiro atoms. The molecule has 1 aromatic heterocycles. The van der Waals surface area contributed by atoms with Gasteiger partial charge in [0.25, 0.3) is 10.1 Å². The fourth-order valence-electron chi connectivity index (χ4n) is 1.87. The Morgan fingerprint density at radius 2 is 2.09 bits per heavy atom. The van der Waals surface area contributed by atoms with Gasteiger partial charge in [0, 0.05) is 16.2 Å². The predicted molar refractivity (Wildman–Crippen MR) is 90.5 cm³/mol. The quantitative estimate of drug-likeness (QED) is 0.291. The van der Waals surface area contributed by atoms with E-state index in [-0.39, 0.29) is 5.84 Å². The summed E-state index contributed by atoms with van der Waals surface area (Å²) in [6.45, 7) is 0. The smallest absolute Gasteiger partial charge is 0.285 e. The van der Waals surface area contributed by atoms with Gasteiger partial charge < -0.3 is 9.47 Å². The molecule has 2 rings (SSSR count). The summed E-state index contributed by atoms with van der Waals surface area (Å²) in [6.07, 6.45) is 0. The molecule has 0 saturated carbocycles. The van der Waals surface area contributed by atoms with E-state index in [1.165, 1.54) is 25.6 Å². The number of hydrogen-bond donors (Lipinski definition) is 3. The van der Waals surface area contributed by atoms with Crippen molar-refractivity contribution in [1.82, 2.24) is 5.48 Å². The van der Waals surface area contributed by atoms with Gasteiger partial charge in [0.05, 0.1) is 23.6 Å². The molecule has 0 aliphatic carbocycles. The summed E-state index contributed by atoms with van der Waals surface area (Å²) >= 11 is 4.68. The zero-order valence-electron chi connectivity index (χ0n) is 12.0. The normalized spacial score (nSPS) is 12.5. The zero-order valence-corrected chi connectivity index (χ0v) is 15.2. The summed E-state index contributed by atoms with van der Waals surface area (Å²) < 4.78 is 42.3. The lowest BCUT2D eigenvalue weighted by Crippen LogP contribution is -2.20. The van der Waals surface area contributed by atoms with E-state index in [0.717, 1.165) is 10.1 Å². The van der Waals surface area contributed by atoms with Gasteiger partial charge in [-0.05, 0) is 22.0 Å². The van der Waals surface area contributed by atoms with E-state index in [1.54, 1.807) is 12.1 Å². The molecule has 8 nitrogen and oxygen atoms in total. The summed E-state index contributed by atoms with van der Waals surface area (Å²) in [5.41, 5.74) is 1.84. The molecule has 0 aliphatic rings. The van der Waals surface area contributed by atoms with Gasteiger partial charge in [0.15, 0.2) is 23.2 Å². The molecule has 0 fully saturated rings. The van der Waals surface area contributed by atoms with E-state index >= 15 is 0 Å². The van der Waals surface area contributed by atoms with Crippen molar-refractivity contribution in [3.05, 3.63) is 21.5 Å². The lowest BCUT2D eigenvalue weighted by molar-refractivity contribution is 0.235.